The fraction of sp³-hybridized carbons (Fsp3) is 0.318. The Kier molecular flexibility index (Phi) is 8.16. The smallest absolute Gasteiger partial charge is 0.306 e. The predicted molar refractivity (Wildman–Crippen MR) is 109 cm³/mol. The first kappa shape index (κ1) is 20.0. The van der Waals surface area contributed by atoms with Gasteiger partial charge in [0.05, 0.1) is 6.61 Å². The summed E-state index contributed by atoms with van der Waals surface area (Å²) in [6.45, 7) is 9.95. The fourth-order valence-corrected chi connectivity index (χ4v) is 3.32. The molecule has 0 aliphatic carbocycles. The van der Waals surface area contributed by atoms with Gasteiger partial charge >= 0.3 is 5.97 Å². The minimum absolute atomic E-state index is 0.213. The molecule has 1 aromatic carbocycles. The van der Waals surface area contributed by atoms with Crippen LogP contribution in [0.1, 0.15) is 30.6 Å². The Hall–Kier alpha value is -2.33. The van der Waals surface area contributed by atoms with Crippen LogP contribution in [-0.2, 0) is 9.53 Å². The van der Waals surface area contributed by atoms with Gasteiger partial charge in [-0.15, -0.1) is 11.3 Å². The number of carbonyl (C=O) groups is 1. The molecular formula is C22H26O3S. The quantitative estimate of drug-likeness (QED) is 0.279. The van der Waals surface area contributed by atoms with Crippen molar-refractivity contribution in [3.05, 3.63) is 66.6 Å². The molecule has 1 heterocycles. The van der Waals surface area contributed by atoms with Crippen LogP contribution in [0.3, 0.4) is 0 Å². The Balaban J connectivity index is 1.62. The van der Waals surface area contributed by atoms with Crippen molar-refractivity contribution in [2.24, 2.45) is 0 Å². The van der Waals surface area contributed by atoms with E-state index in [-0.39, 0.29) is 5.97 Å². The molecular weight excluding hydrogens is 344 g/mol. The highest BCUT2D eigenvalue weighted by atomic mass is 32.1. The van der Waals surface area contributed by atoms with Crippen molar-refractivity contribution in [2.75, 3.05) is 6.61 Å². The maximum absolute atomic E-state index is 11.6. The summed E-state index contributed by atoms with van der Waals surface area (Å²) >= 11 is 1.79. The van der Waals surface area contributed by atoms with E-state index in [1.807, 2.05) is 12.1 Å². The Bertz CT molecular complexity index is 707. The molecule has 1 aromatic heterocycles. The van der Waals surface area contributed by atoms with Crippen LogP contribution in [0.4, 0.5) is 0 Å². The Labute approximate surface area is 160 Å². The number of benzene rings is 1. The third-order valence-electron chi connectivity index (χ3n) is 3.91. The second-order valence-electron chi connectivity index (χ2n) is 6.02. The molecule has 4 heteroatoms. The molecule has 0 radical (unpaired) electrons. The van der Waals surface area contributed by atoms with Crippen LogP contribution in [0.5, 0.6) is 5.75 Å². The molecule has 0 atom stereocenters. The third-order valence-corrected chi connectivity index (χ3v) is 4.96. The minimum Gasteiger partial charge on any atom is -0.494 e. The van der Waals surface area contributed by atoms with Crippen LogP contribution in [0, 0.1) is 6.92 Å². The lowest BCUT2D eigenvalue weighted by Crippen LogP contribution is -2.13. The highest BCUT2D eigenvalue weighted by Crippen LogP contribution is 2.28. The monoisotopic (exact) mass is 370 g/mol. The van der Waals surface area contributed by atoms with Gasteiger partial charge in [0, 0.05) is 16.2 Å². The van der Waals surface area contributed by atoms with Crippen molar-refractivity contribution in [2.45, 2.75) is 38.7 Å². The molecule has 0 bridgehead atoms. The van der Waals surface area contributed by atoms with E-state index in [1.54, 1.807) is 23.5 Å². The summed E-state index contributed by atoms with van der Waals surface area (Å²) in [6, 6.07) is 12.5. The van der Waals surface area contributed by atoms with Crippen molar-refractivity contribution < 1.29 is 14.3 Å². The van der Waals surface area contributed by atoms with Crippen LogP contribution in [0.2, 0.25) is 0 Å². The van der Waals surface area contributed by atoms with Crippen molar-refractivity contribution in [3.8, 4) is 16.2 Å². The van der Waals surface area contributed by atoms with Gasteiger partial charge < -0.3 is 9.47 Å². The molecule has 0 N–H and O–H groups in total. The van der Waals surface area contributed by atoms with Gasteiger partial charge in [-0.25, -0.2) is 0 Å². The van der Waals surface area contributed by atoms with Gasteiger partial charge in [-0.3, -0.25) is 4.79 Å². The first-order valence-corrected chi connectivity index (χ1v) is 9.68. The highest BCUT2D eigenvalue weighted by molar-refractivity contribution is 7.15. The number of esters is 1. The molecule has 2 rings (SSSR count). The molecule has 138 valence electrons. The highest BCUT2D eigenvalue weighted by Gasteiger charge is 2.07. The average Bonchev–Trinajstić information content (AvgIpc) is 3.09. The summed E-state index contributed by atoms with van der Waals surface area (Å²) in [4.78, 5) is 14.2. The molecule has 0 aliphatic heterocycles. The lowest BCUT2D eigenvalue weighted by molar-refractivity contribution is -0.145. The number of thiophene rings is 1. The second kappa shape index (κ2) is 10.6. The largest absolute Gasteiger partial charge is 0.494 e. The maximum Gasteiger partial charge on any atom is 0.306 e. The Morgan fingerprint density at radius 1 is 1.08 bits per heavy atom. The summed E-state index contributed by atoms with van der Waals surface area (Å²) in [5.41, 5.74) is 1.21. The summed E-state index contributed by atoms with van der Waals surface area (Å²) in [6.07, 6.45) is 5.76. The molecule has 0 amide bonds. The van der Waals surface area contributed by atoms with Gasteiger partial charge in [-0.1, -0.05) is 13.2 Å². The first-order chi connectivity index (χ1) is 12.6. The fourth-order valence-electron chi connectivity index (χ4n) is 2.45. The van der Waals surface area contributed by atoms with E-state index in [9.17, 15) is 4.79 Å². The number of aryl methyl sites for hydroxylation is 1. The van der Waals surface area contributed by atoms with Gasteiger partial charge in [0.25, 0.3) is 0 Å². The maximum atomic E-state index is 11.6. The lowest BCUT2D eigenvalue weighted by atomic mass is 10.2. The van der Waals surface area contributed by atoms with E-state index in [0.29, 0.717) is 13.0 Å². The van der Waals surface area contributed by atoms with Crippen LogP contribution >= 0.6 is 11.3 Å². The predicted octanol–water partition coefficient (Wildman–Crippen LogP) is 5.95. The molecule has 26 heavy (non-hydrogen) atoms. The van der Waals surface area contributed by atoms with Crippen LogP contribution in [-0.4, -0.2) is 18.7 Å². The van der Waals surface area contributed by atoms with E-state index in [1.165, 1.54) is 15.3 Å². The van der Waals surface area contributed by atoms with Crippen LogP contribution < -0.4 is 4.74 Å². The number of ether oxygens (including phenoxy) is 2. The summed E-state index contributed by atoms with van der Waals surface area (Å²) in [7, 11) is 0. The molecule has 0 aliphatic rings. The van der Waals surface area contributed by atoms with Gasteiger partial charge in [-0.2, -0.15) is 0 Å². The van der Waals surface area contributed by atoms with Crippen molar-refractivity contribution in [1.29, 1.82) is 0 Å². The number of unbranched alkanes of at least 4 members (excludes halogenated alkanes) is 2. The van der Waals surface area contributed by atoms with E-state index < -0.39 is 6.10 Å². The lowest BCUT2D eigenvalue weighted by Gasteiger charge is -2.09. The zero-order chi connectivity index (χ0) is 18.8. The number of rotatable bonds is 11. The van der Waals surface area contributed by atoms with E-state index in [2.05, 4.69) is 44.3 Å². The normalized spacial score (nSPS) is 10.5. The van der Waals surface area contributed by atoms with Gasteiger partial charge in [0.15, 0.2) is 0 Å². The van der Waals surface area contributed by atoms with E-state index in [4.69, 9.17) is 9.47 Å². The SMILES string of the molecule is C=CC(C=C)OC(=O)CCCCCOc1ccc(-c2ccc(C)s2)cc1. The van der Waals surface area contributed by atoms with Gasteiger partial charge in [0.2, 0.25) is 0 Å². The average molecular weight is 371 g/mol. The van der Waals surface area contributed by atoms with Crippen LogP contribution in [0.15, 0.2) is 61.7 Å². The van der Waals surface area contributed by atoms with Crippen molar-refractivity contribution in [1.82, 2.24) is 0 Å². The van der Waals surface area contributed by atoms with Crippen molar-refractivity contribution in [3.63, 3.8) is 0 Å². The Morgan fingerprint density at radius 3 is 2.42 bits per heavy atom. The van der Waals surface area contributed by atoms with Crippen molar-refractivity contribution >= 4 is 17.3 Å². The summed E-state index contributed by atoms with van der Waals surface area (Å²) < 4.78 is 10.9. The molecule has 3 nitrogen and oxygen atoms in total. The zero-order valence-corrected chi connectivity index (χ0v) is 16.1. The van der Waals surface area contributed by atoms with E-state index in [0.717, 1.165) is 25.0 Å². The minimum atomic E-state index is -0.396. The standard InChI is InChI=1S/C22H26O3S/c1-4-19(5-2)25-22(23)9-7-6-8-16-24-20-13-11-18(12-14-20)21-15-10-17(3)26-21/h4-5,10-15,19H,1-2,6-9,16H2,3H3. The first-order valence-electron chi connectivity index (χ1n) is 8.86. The number of hydrogen-bond donors (Lipinski definition) is 0. The second-order valence-corrected chi connectivity index (χ2v) is 7.31. The molecule has 0 unspecified atom stereocenters. The molecule has 0 saturated heterocycles. The zero-order valence-electron chi connectivity index (χ0n) is 15.3. The van der Waals surface area contributed by atoms with E-state index >= 15 is 0 Å². The van der Waals surface area contributed by atoms with Gasteiger partial charge in [0.1, 0.15) is 11.9 Å². The molecule has 0 spiro atoms. The number of hydrogen-bond acceptors (Lipinski definition) is 4. The molecule has 2 aromatic rings. The third kappa shape index (κ3) is 6.52. The topological polar surface area (TPSA) is 35.5 Å². The molecule has 0 fully saturated rings. The molecule has 0 saturated carbocycles. The summed E-state index contributed by atoms with van der Waals surface area (Å²) in [5, 5.41) is 0. The number of carbonyl (C=O) groups excluding carboxylic acids is 1. The Morgan fingerprint density at radius 2 is 1.81 bits per heavy atom. The van der Waals surface area contributed by atoms with Crippen LogP contribution in [0.25, 0.3) is 10.4 Å². The summed E-state index contributed by atoms with van der Waals surface area (Å²) in [5.74, 6) is 0.663. The van der Waals surface area contributed by atoms with Gasteiger partial charge in [-0.05, 0) is 80.3 Å².